The first-order valence-electron chi connectivity index (χ1n) is 9.76. The molecule has 1 atom stereocenters. The van der Waals surface area contributed by atoms with Gasteiger partial charge in [0.15, 0.2) is 0 Å². The highest BCUT2D eigenvalue weighted by Gasteiger charge is 2.74. The normalized spacial score (nSPS) is 17.1. The van der Waals surface area contributed by atoms with Gasteiger partial charge < -0.3 is 5.11 Å². The molecule has 178 valence electrons. The highest BCUT2D eigenvalue weighted by molar-refractivity contribution is 6.33. The van der Waals surface area contributed by atoms with Crippen LogP contribution >= 0.6 is 11.6 Å². The van der Waals surface area contributed by atoms with Gasteiger partial charge in [-0.1, -0.05) is 48.0 Å². The van der Waals surface area contributed by atoms with E-state index in [9.17, 15) is 31.4 Å². The van der Waals surface area contributed by atoms with Gasteiger partial charge in [0.2, 0.25) is 0 Å². The molecular formula is C22H15ClF6N4O. The summed E-state index contributed by atoms with van der Waals surface area (Å²) >= 11 is 6.17. The number of alkyl halides is 6. The number of hydrogen-bond donors (Lipinski definition) is 1. The minimum absolute atomic E-state index is 0.0677. The number of aliphatic hydroxyl groups is 1. The smallest absolute Gasteiger partial charge is 0.369 e. The molecular weight excluding hydrogens is 486 g/mol. The first-order valence-corrected chi connectivity index (χ1v) is 10.1. The van der Waals surface area contributed by atoms with Gasteiger partial charge in [-0.3, -0.25) is 5.01 Å². The molecule has 0 saturated heterocycles. The van der Waals surface area contributed by atoms with Crippen molar-refractivity contribution < 1.29 is 31.4 Å². The second kappa shape index (κ2) is 8.55. The quantitative estimate of drug-likeness (QED) is 0.449. The van der Waals surface area contributed by atoms with E-state index < -0.39 is 36.1 Å². The molecule has 2 aromatic carbocycles. The second-order valence-electron chi connectivity index (χ2n) is 7.52. The summed E-state index contributed by atoms with van der Waals surface area (Å²) in [5.41, 5.74) is -4.77. The Morgan fingerprint density at radius 1 is 0.853 bits per heavy atom. The number of anilines is 1. The lowest BCUT2D eigenvalue weighted by atomic mass is 9.89. The molecule has 12 heteroatoms. The van der Waals surface area contributed by atoms with Gasteiger partial charge in [0.1, 0.15) is 6.33 Å². The number of para-hydroxylation sites is 1. The summed E-state index contributed by atoms with van der Waals surface area (Å²) < 4.78 is 81.1. The number of halogens is 7. The molecule has 1 unspecified atom stereocenters. The predicted molar refractivity (Wildman–Crippen MR) is 113 cm³/mol. The van der Waals surface area contributed by atoms with Gasteiger partial charge >= 0.3 is 12.4 Å². The fourth-order valence-electron chi connectivity index (χ4n) is 3.68. The van der Waals surface area contributed by atoms with Crippen LogP contribution in [0, 0.1) is 0 Å². The summed E-state index contributed by atoms with van der Waals surface area (Å²) in [6.07, 6.45) is -8.46. The summed E-state index contributed by atoms with van der Waals surface area (Å²) in [6, 6.07) is 11.2. The zero-order valence-corrected chi connectivity index (χ0v) is 17.8. The van der Waals surface area contributed by atoms with Crippen LogP contribution < -0.4 is 5.01 Å². The number of rotatable bonds is 4. The van der Waals surface area contributed by atoms with E-state index in [0.29, 0.717) is 16.7 Å². The number of hydrogen-bond acceptors (Lipinski definition) is 5. The topological polar surface area (TPSA) is 61.6 Å². The van der Waals surface area contributed by atoms with Crippen molar-refractivity contribution in [3.05, 3.63) is 77.8 Å². The Balaban J connectivity index is 1.79. The van der Waals surface area contributed by atoms with Gasteiger partial charge in [-0.25, -0.2) is 9.97 Å². The molecule has 3 aromatic rings. The second-order valence-corrected chi connectivity index (χ2v) is 7.92. The average molecular weight is 501 g/mol. The third-order valence-electron chi connectivity index (χ3n) is 5.44. The lowest BCUT2D eigenvalue weighted by Crippen LogP contribution is -2.62. The molecule has 34 heavy (non-hydrogen) atoms. The summed E-state index contributed by atoms with van der Waals surface area (Å²) in [5, 5.41) is 14.6. The van der Waals surface area contributed by atoms with Crippen LogP contribution in [0.1, 0.15) is 18.0 Å². The third kappa shape index (κ3) is 4.09. The summed E-state index contributed by atoms with van der Waals surface area (Å²) in [5.74, 6) is 0. The standard InChI is InChI=1S/C22H15ClF6N4O/c23-16-3-1-2-4-17(16)33-18(9-19(32-33)20(34,21(24,25)26)22(27,28)29)14-7-5-13(6-8-14)15-10-30-12-31-11-15/h1-8,10-12,18,34H,9H2. The van der Waals surface area contributed by atoms with Crippen LogP contribution in [-0.2, 0) is 0 Å². The number of aromatic nitrogens is 2. The van der Waals surface area contributed by atoms with E-state index in [4.69, 9.17) is 11.6 Å². The Bertz CT molecular complexity index is 1180. The van der Waals surface area contributed by atoms with Crippen molar-refractivity contribution in [3.63, 3.8) is 0 Å². The molecule has 0 saturated carbocycles. The highest BCUT2D eigenvalue weighted by atomic mass is 35.5. The molecule has 0 spiro atoms. The van der Waals surface area contributed by atoms with Crippen molar-refractivity contribution in [2.75, 3.05) is 5.01 Å². The van der Waals surface area contributed by atoms with E-state index in [2.05, 4.69) is 15.1 Å². The molecule has 2 heterocycles. The lowest BCUT2D eigenvalue weighted by molar-refractivity contribution is -0.338. The summed E-state index contributed by atoms with van der Waals surface area (Å²) in [7, 11) is 0. The Kier molecular flexibility index (Phi) is 6.03. The number of hydrazone groups is 1. The molecule has 0 radical (unpaired) electrons. The molecule has 1 aliphatic heterocycles. The monoisotopic (exact) mass is 500 g/mol. The molecule has 0 amide bonds. The Morgan fingerprint density at radius 2 is 1.44 bits per heavy atom. The van der Waals surface area contributed by atoms with Gasteiger partial charge in [0, 0.05) is 24.4 Å². The van der Waals surface area contributed by atoms with Crippen molar-refractivity contribution >= 4 is 23.0 Å². The lowest BCUT2D eigenvalue weighted by Gasteiger charge is -2.32. The van der Waals surface area contributed by atoms with Gasteiger partial charge in [-0.05, 0) is 23.3 Å². The summed E-state index contributed by atoms with van der Waals surface area (Å²) in [4.78, 5) is 7.82. The van der Waals surface area contributed by atoms with Crippen molar-refractivity contribution in [1.82, 2.24) is 9.97 Å². The Labute approximate surface area is 194 Å². The molecule has 1 N–H and O–H groups in total. The summed E-state index contributed by atoms with van der Waals surface area (Å²) in [6.45, 7) is 0. The van der Waals surface area contributed by atoms with Gasteiger partial charge in [0.25, 0.3) is 5.60 Å². The van der Waals surface area contributed by atoms with Crippen molar-refractivity contribution in [1.29, 1.82) is 0 Å². The minimum Gasteiger partial charge on any atom is -0.369 e. The molecule has 1 aliphatic rings. The molecule has 4 rings (SSSR count). The Hall–Kier alpha value is -3.18. The molecule has 0 fully saturated rings. The fourth-order valence-corrected chi connectivity index (χ4v) is 3.90. The van der Waals surface area contributed by atoms with E-state index in [1.165, 1.54) is 24.5 Å². The van der Waals surface area contributed by atoms with E-state index in [1.54, 1.807) is 42.7 Å². The van der Waals surface area contributed by atoms with Crippen LogP contribution in [0.4, 0.5) is 32.0 Å². The van der Waals surface area contributed by atoms with Crippen LogP contribution in [0.25, 0.3) is 11.1 Å². The van der Waals surface area contributed by atoms with Crippen molar-refractivity contribution in [2.45, 2.75) is 30.4 Å². The van der Waals surface area contributed by atoms with Gasteiger partial charge in [-0.15, -0.1) is 0 Å². The van der Waals surface area contributed by atoms with Crippen LogP contribution in [0.3, 0.4) is 0 Å². The highest BCUT2D eigenvalue weighted by Crippen LogP contribution is 2.49. The number of benzene rings is 2. The van der Waals surface area contributed by atoms with Gasteiger partial charge in [0.05, 0.1) is 22.5 Å². The van der Waals surface area contributed by atoms with Crippen LogP contribution in [0.5, 0.6) is 0 Å². The van der Waals surface area contributed by atoms with Crippen LogP contribution in [0.15, 0.2) is 72.4 Å². The third-order valence-corrected chi connectivity index (χ3v) is 5.76. The van der Waals surface area contributed by atoms with E-state index >= 15 is 0 Å². The predicted octanol–water partition coefficient (Wildman–Crippen LogP) is 5.96. The van der Waals surface area contributed by atoms with Crippen molar-refractivity contribution in [2.24, 2.45) is 5.10 Å². The van der Waals surface area contributed by atoms with Crippen LogP contribution in [-0.4, -0.2) is 38.7 Å². The first-order chi connectivity index (χ1) is 15.9. The number of nitrogens with zero attached hydrogens (tertiary/aromatic N) is 4. The molecule has 1 aromatic heterocycles. The fraction of sp³-hybridized carbons (Fsp3) is 0.227. The van der Waals surface area contributed by atoms with E-state index in [1.807, 2.05) is 0 Å². The maximum atomic E-state index is 13.5. The van der Waals surface area contributed by atoms with Gasteiger partial charge in [-0.2, -0.15) is 31.4 Å². The zero-order chi connectivity index (χ0) is 24.7. The maximum Gasteiger partial charge on any atom is 0.431 e. The SMILES string of the molecule is OC(C1=NN(c2ccccc2Cl)C(c2ccc(-c3cncnc3)cc2)C1)(C(F)(F)F)C(F)(F)F. The molecule has 5 nitrogen and oxygen atoms in total. The Morgan fingerprint density at radius 3 is 2.00 bits per heavy atom. The van der Waals surface area contributed by atoms with E-state index in [0.717, 1.165) is 5.01 Å². The molecule has 0 aliphatic carbocycles. The zero-order valence-electron chi connectivity index (χ0n) is 17.0. The molecule has 0 bridgehead atoms. The largest absolute Gasteiger partial charge is 0.431 e. The van der Waals surface area contributed by atoms with Crippen LogP contribution in [0.2, 0.25) is 5.02 Å². The average Bonchev–Trinajstić information content (AvgIpc) is 3.23. The van der Waals surface area contributed by atoms with E-state index in [-0.39, 0.29) is 10.7 Å². The minimum atomic E-state index is -6.04. The maximum absolute atomic E-state index is 13.5. The van der Waals surface area contributed by atoms with Crippen molar-refractivity contribution in [3.8, 4) is 11.1 Å². The first kappa shape index (κ1) is 24.0.